The molecule has 1 aliphatic rings. The lowest BCUT2D eigenvalue weighted by molar-refractivity contribution is 0.475. The number of epoxide rings is 1. The van der Waals surface area contributed by atoms with Gasteiger partial charge in [-0.05, 0) is 12.1 Å². The molecule has 0 bridgehead atoms. The van der Waals surface area contributed by atoms with Gasteiger partial charge in [0.1, 0.15) is 5.75 Å². The number of phenolic OH excluding ortho intramolecular Hbond substituents is 1. The van der Waals surface area contributed by atoms with Crippen LogP contribution in [0.3, 0.4) is 0 Å². The zero-order valence-corrected chi connectivity index (χ0v) is 9.12. The van der Waals surface area contributed by atoms with E-state index in [1.165, 1.54) is 0 Å². The molecule has 1 aliphatic heterocycles. The molecule has 16 heavy (non-hydrogen) atoms. The van der Waals surface area contributed by atoms with Crippen LogP contribution in [0.1, 0.15) is 0 Å². The van der Waals surface area contributed by atoms with Crippen molar-refractivity contribution in [2.45, 2.75) is 0 Å². The molecule has 2 aromatic rings. The monoisotopic (exact) mass is 216 g/mol. The Labute approximate surface area is 96.1 Å². The van der Waals surface area contributed by atoms with Crippen molar-refractivity contribution in [3.8, 4) is 5.75 Å². The Morgan fingerprint density at radius 1 is 0.688 bits per heavy atom. The summed E-state index contributed by atoms with van der Waals surface area (Å²) in [6.45, 7) is 2.00. The summed E-state index contributed by atoms with van der Waals surface area (Å²) in [5.74, 6) is 0.322. The number of benzene rings is 2. The summed E-state index contributed by atoms with van der Waals surface area (Å²) in [7, 11) is 0. The number of hydrogen-bond acceptors (Lipinski definition) is 2. The van der Waals surface area contributed by atoms with E-state index in [0.717, 1.165) is 13.2 Å². The van der Waals surface area contributed by atoms with E-state index in [-0.39, 0.29) is 0 Å². The number of aromatic hydroxyl groups is 1. The van der Waals surface area contributed by atoms with E-state index in [9.17, 15) is 0 Å². The summed E-state index contributed by atoms with van der Waals surface area (Å²) >= 11 is 0. The Kier molecular flexibility index (Phi) is 6.52. The zero-order valence-electron chi connectivity index (χ0n) is 9.12. The van der Waals surface area contributed by atoms with Crippen LogP contribution in [-0.4, -0.2) is 18.3 Å². The minimum atomic E-state index is 0.322. The molecule has 2 aromatic carbocycles. The maximum Gasteiger partial charge on any atom is 0.115 e. The van der Waals surface area contributed by atoms with Gasteiger partial charge in [0.25, 0.3) is 0 Å². The van der Waals surface area contributed by atoms with E-state index in [1.807, 2.05) is 42.5 Å². The van der Waals surface area contributed by atoms with Gasteiger partial charge in [-0.1, -0.05) is 54.6 Å². The van der Waals surface area contributed by atoms with E-state index in [4.69, 9.17) is 5.11 Å². The summed E-state index contributed by atoms with van der Waals surface area (Å²) < 4.78 is 4.50. The lowest BCUT2D eigenvalue weighted by Crippen LogP contribution is -1.56. The van der Waals surface area contributed by atoms with Crippen LogP contribution in [-0.2, 0) is 4.74 Å². The predicted molar refractivity (Wildman–Crippen MR) is 65.4 cm³/mol. The van der Waals surface area contributed by atoms with Crippen LogP contribution in [0, 0.1) is 0 Å². The first-order valence-corrected chi connectivity index (χ1v) is 5.21. The van der Waals surface area contributed by atoms with Crippen molar-refractivity contribution in [2.24, 2.45) is 0 Å². The number of phenols is 1. The van der Waals surface area contributed by atoms with Gasteiger partial charge in [0.15, 0.2) is 0 Å². The molecule has 1 N–H and O–H groups in total. The van der Waals surface area contributed by atoms with E-state index < -0.39 is 0 Å². The van der Waals surface area contributed by atoms with Crippen LogP contribution in [0.2, 0.25) is 0 Å². The molecule has 0 amide bonds. The lowest BCUT2D eigenvalue weighted by atomic mass is 10.3. The third kappa shape index (κ3) is 8.78. The van der Waals surface area contributed by atoms with Crippen molar-refractivity contribution < 1.29 is 9.84 Å². The highest BCUT2D eigenvalue weighted by Crippen LogP contribution is 2.02. The summed E-state index contributed by atoms with van der Waals surface area (Å²) in [6, 6.07) is 20.7. The SMILES string of the molecule is C1CO1.Oc1ccccc1.c1ccccc1. The van der Waals surface area contributed by atoms with Gasteiger partial charge < -0.3 is 9.84 Å². The van der Waals surface area contributed by atoms with Gasteiger partial charge in [0.2, 0.25) is 0 Å². The number of hydrogen-bond donors (Lipinski definition) is 1. The number of rotatable bonds is 0. The highest BCUT2D eigenvalue weighted by Gasteiger charge is 1.94. The molecule has 2 nitrogen and oxygen atoms in total. The highest BCUT2D eigenvalue weighted by atomic mass is 16.6. The van der Waals surface area contributed by atoms with Crippen LogP contribution in [0.25, 0.3) is 0 Å². The predicted octanol–water partition coefficient (Wildman–Crippen LogP) is 3.10. The molecule has 0 saturated carbocycles. The Bertz CT molecular complexity index is 314. The summed E-state index contributed by atoms with van der Waals surface area (Å²) in [5, 5.41) is 8.63. The second-order valence-corrected chi connectivity index (χ2v) is 3.10. The minimum absolute atomic E-state index is 0.322. The van der Waals surface area contributed by atoms with Crippen molar-refractivity contribution in [3.63, 3.8) is 0 Å². The van der Waals surface area contributed by atoms with Gasteiger partial charge in [-0.25, -0.2) is 0 Å². The first-order valence-electron chi connectivity index (χ1n) is 5.21. The quantitative estimate of drug-likeness (QED) is 0.686. The third-order valence-electron chi connectivity index (χ3n) is 1.63. The second-order valence-electron chi connectivity index (χ2n) is 3.10. The topological polar surface area (TPSA) is 32.8 Å². The van der Waals surface area contributed by atoms with Crippen molar-refractivity contribution in [1.82, 2.24) is 0 Å². The molecular formula is C14H16O2. The molecule has 0 atom stereocenters. The smallest absolute Gasteiger partial charge is 0.115 e. The standard InChI is InChI=1S/C6H6O.C6H6.C2H4O/c7-6-4-2-1-3-5-6;1-2-4-6-5-3-1;1-2-3-1/h1-5,7H;1-6H;1-2H2. The van der Waals surface area contributed by atoms with Gasteiger partial charge >= 0.3 is 0 Å². The van der Waals surface area contributed by atoms with Crippen molar-refractivity contribution in [3.05, 3.63) is 66.7 Å². The highest BCUT2D eigenvalue weighted by molar-refractivity contribution is 5.18. The Morgan fingerprint density at radius 3 is 1.19 bits per heavy atom. The Hall–Kier alpha value is -1.80. The first-order chi connectivity index (χ1) is 7.89. The molecule has 1 heterocycles. The van der Waals surface area contributed by atoms with Crippen molar-refractivity contribution in [2.75, 3.05) is 13.2 Å². The Balaban J connectivity index is 0.000000129. The normalized spacial score (nSPS) is 11.2. The van der Waals surface area contributed by atoms with Gasteiger partial charge in [0, 0.05) is 0 Å². The fraction of sp³-hybridized carbons (Fsp3) is 0.143. The van der Waals surface area contributed by atoms with Crippen LogP contribution < -0.4 is 0 Å². The average molecular weight is 216 g/mol. The zero-order chi connectivity index (χ0) is 11.5. The molecule has 2 heteroatoms. The second kappa shape index (κ2) is 8.50. The van der Waals surface area contributed by atoms with Crippen LogP contribution in [0.4, 0.5) is 0 Å². The molecule has 1 saturated heterocycles. The van der Waals surface area contributed by atoms with Crippen LogP contribution in [0.15, 0.2) is 66.7 Å². The first kappa shape index (κ1) is 12.3. The summed E-state index contributed by atoms with van der Waals surface area (Å²) in [5.41, 5.74) is 0. The van der Waals surface area contributed by atoms with Crippen molar-refractivity contribution >= 4 is 0 Å². The third-order valence-corrected chi connectivity index (χ3v) is 1.63. The maximum absolute atomic E-state index is 8.63. The van der Waals surface area contributed by atoms with Crippen LogP contribution >= 0.6 is 0 Å². The lowest BCUT2D eigenvalue weighted by Gasteiger charge is -1.82. The molecule has 84 valence electrons. The molecule has 3 rings (SSSR count). The fourth-order valence-electron chi connectivity index (χ4n) is 0.813. The molecule has 0 unspecified atom stereocenters. The average Bonchev–Trinajstić information content (AvgIpc) is 3.21. The van der Waals surface area contributed by atoms with Gasteiger partial charge in [0.05, 0.1) is 13.2 Å². The number of para-hydroxylation sites is 1. The molecular weight excluding hydrogens is 200 g/mol. The summed E-state index contributed by atoms with van der Waals surface area (Å²) in [4.78, 5) is 0. The van der Waals surface area contributed by atoms with Crippen LogP contribution in [0.5, 0.6) is 5.75 Å². The largest absolute Gasteiger partial charge is 0.508 e. The number of ether oxygens (including phenoxy) is 1. The summed E-state index contributed by atoms with van der Waals surface area (Å²) in [6.07, 6.45) is 0. The molecule has 0 aromatic heterocycles. The van der Waals surface area contributed by atoms with E-state index in [0.29, 0.717) is 5.75 Å². The maximum atomic E-state index is 8.63. The van der Waals surface area contributed by atoms with Crippen molar-refractivity contribution in [1.29, 1.82) is 0 Å². The van der Waals surface area contributed by atoms with E-state index in [2.05, 4.69) is 4.74 Å². The Morgan fingerprint density at radius 2 is 1.00 bits per heavy atom. The van der Waals surface area contributed by atoms with Gasteiger partial charge in [-0.2, -0.15) is 0 Å². The van der Waals surface area contributed by atoms with E-state index in [1.54, 1.807) is 24.3 Å². The molecule has 0 radical (unpaired) electrons. The van der Waals surface area contributed by atoms with Gasteiger partial charge in [-0.15, -0.1) is 0 Å². The minimum Gasteiger partial charge on any atom is -0.508 e. The molecule has 0 spiro atoms. The molecule has 0 aliphatic carbocycles. The fourth-order valence-corrected chi connectivity index (χ4v) is 0.813. The van der Waals surface area contributed by atoms with E-state index >= 15 is 0 Å². The van der Waals surface area contributed by atoms with Gasteiger partial charge in [-0.3, -0.25) is 0 Å². The molecule has 1 fully saturated rings.